The lowest BCUT2D eigenvalue weighted by Crippen LogP contribution is -2.40. The lowest BCUT2D eigenvalue weighted by Gasteiger charge is -2.29. The highest BCUT2D eigenvalue weighted by Crippen LogP contribution is 2.36. The van der Waals surface area contributed by atoms with Crippen LogP contribution in [0.1, 0.15) is 62.0 Å². The monoisotopic (exact) mass is 349 g/mol. The van der Waals surface area contributed by atoms with E-state index in [1.807, 2.05) is 30.5 Å². The van der Waals surface area contributed by atoms with Crippen LogP contribution in [-0.2, 0) is 21.3 Å². The van der Waals surface area contributed by atoms with Crippen LogP contribution in [0.2, 0.25) is 0 Å². The Bertz CT molecular complexity index is 607. The third-order valence-corrected chi connectivity index (χ3v) is 5.59. The minimum Gasteiger partial charge on any atom is -0.376 e. The standard InChI is InChI=1S/C19H31N3O3/c1-13-18(14(2)21(4)20-13)17-9-7-10-22(17)19(23)15(3)25-12-16-8-5-6-11-24-16/h15-17H,5-12H2,1-4H3/t15-,16-,17+/m1/s1. The molecule has 3 heterocycles. The van der Waals surface area contributed by atoms with Gasteiger partial charge in [0.15, 0.2) is 0 Å². The summed E-state index contributed by atoms with van der Waals surface area (Å²) in [6.45, 7) is 8.09. The molecule has 0 spiro atoms. The minimum absolute atomic E-state index is 0.0842. The molecule has 0 aliphatic carbocycles. The second kappa shape index (κ2) is 7.87. The molecule has 140 valence electrons. The van der Waals surface area contributed by atoms with E-state index in [0.29, 0.717) is 6.61 Å². The first-order chi connectivity index (χ1) is 12.0. The maximum absolute atomic E-state index is 13.0. The molecule has 0 N–H and O–H groups in total. The fourth-order valence-corrected chi connectivity index (χ4v) is 4.10. The van der Waals surface area contributed by atoms with Gasteiger partial charge in [0.25, 0.3) is 5.91 Å². The molecule has 0 saturated carbocycles. The summed E-state index contributed by atoms with van der Waals surface area (Å²) in [4.78, 5) is 15.0. The van der Waals surface area contributed by atoms with Crippen LogP contribution in [0.3, 0.4) is 0 Å². The van der Waals surface area contributed by atoms with Crippen molar-refractivity contribution in [2.45, 2.75) is 71.1 Å². The van der Waals surface area contributed by atoms with Crippen LogP contribution in [0.4, 0.5) is 0 Å². The van der Waals surface area contributed by atoms with Gasteiger partial charge in [-0.05, 0) is 52.9 Å². The van der Waals surface area contributed by atoms with Crippen LogP contribution < -0.4 is 0 Å². The third kappa shape index (κ3) is 3.90. The number of aromatic nitrogens is 2. The zero-order valence-corrected chi connectivity index (χ0v) is 16.0. The number of amides is 1. The number of carbonyl (C=O) groups is 1. The molecular formula is C19H31N3O3. The summed E-state index contributed by atoms with van der Waals surface area (Å²) in [5.41, 5.74) is 3.37. The number of carbonyl (C=O) groups excluding carboxylic acids is 1. The molecule has 2 aliphatic rings. The maximum atomic E-state index is 13.0. The Morgan fingerprint density at radius 2 is 2.12 bits per heavy atom. The van der Waals surface area contributed by atoms with E-state index in [0.717, 1.165) is 50.2 Å². The number of nitrogens with zero attached hydrogens (tertiary/aromatic N) is 3. The Kier molecular flexibility index (Phi) is 5.79. The van der Waals surface area contributed by atoms with Crippen LogP contribution in [0.5, 0.6) is 0 Å². The second-order valence-electron chi connectivity index (χ2n) is 7.36. The molecule has 6 heteroatoms. The molecule has 6 nitrogen and oxygen atoms in total. The lowest BCUT2D eigenvalue weighted by atomic mass is 10.0. The van der Waals surface area contributed by atoms with Gasteiger partial charge in [0.1, 0.15) is 6.10 Å². The van der Waals surface area contributed by atoms with E-state index in [1.165, 1.54) is 12.0 Å². The molecule has 25 heavy (non-hydrogen) atoms. The molecule has 2 saturated heterocycles. The Morgan fingerprint density at radius 3 is 2.76 bits per heavy atom. The van der Waals surface area contributed by atoms with Crippen molar-refractivity contribution in [1.82, 2.24) is 14.7 Å². The van der Waals surface area contributed by atoms with Gasteiger partial charge in [-0.2, -0.15) is 5.10 Å². The molecule has 0 bridgehead atoms. The molecular weight excluding hydrogens is 318 g/mol. The third-order valence-electron chi connectivity index (χ3n) is 5.59. The van der Waals surface area contributed by atoms with Gasteiger partial charge >= 0.3 is 0 Å². The highest BCUT2D eigenvalue weighted by atomic mass is 16.5. The van der Waals surface area contributed by atoms with Crippen molar-refractivity contribution in [1.29, 1.82) is 0 Å². The van der Waals surface area contributed by atoms with Gasteiger partial charge in [-0.25, -0.2) is 0 Å². The van der Waals surface area contributed by atoms with Crippen molar-refractivity contribution in [2.24, 2.45) is 7.05 Å². The van der Waals surface area contributed by atoms with Crippen LogP contribution in [0.15, 0.2) is 0 Å². The van der Waals surface area contributed by atoms with Gasteiger partial charge in [-0.1, -0.05) is 0 Å². The SMILES string of the molecule is Cc1nn(C)c(C)c1[C@@H]1CCCN1C(=O)[C@@H](C)OC[C@H]1CCCCO1. The number of aryl methyl sites for hydroxylation is 2. The molecule has 0 radical (unpaired) electrons. The summed E-state index contributed by atoms with van der Waals surface area (Å²) >= 11 is 0. The number of hydrogen-bond acceptors (Lipinski definition) is 4. The van der Waals surface area contributed by atoms with E-state index in [1.54, 1.807) is 0 Å². The molecule has 2 aliphatic heterocycles. The van der Waals surface area contributed by atoms with Gasteiger partial charge in [-0.15, -0.1) is 0 Å². The van der Waals surface area contributed by atoms with E-state index in [4.69, 9.17) is 9.47 Å². The molecule has 3 rings (SSSR count). The van der Waals surface area contributed by atoms with Crippen LogP contribution in [0, 0.1) is 13.8 Å². The minimum atomic E-state index is -0.427. The zero-order valence-electron chi connectivity index (χ0n) is 16.0. The number of likely N-dealkylation sites (tertiary alicyclic amines) is 1. The Balaban J connectivity index is 1.63. The topological polar surface area (TPSA) is 56.6 Å². The number of hydrogen-bond donors (Lipinski definition) is 0. The first-order valence-corrected chi connectivity index (χ1v) is 9.52. The predicted molar refractivity (Wildman–Crippen MR) is 95.4 cm³/mol. The quantitative estimate of drug-likeness (QED) is 0.820. The molecule has 1 aromatic rings. The van der Waals surface area contributed by atoms with E-state index in [-0.39, 0.29) is 18.1 Å². The summed E-state index contributed by atoms with van der Waals surface area (Å²) in [5, 5.41) is 4.52. The second-order valence-corrected chi connectivity index (χ2v) is 7.36. The molecule has 2 fully saturated rings. The molecule has 0 unspecified atom stereocenters. The van der Waals surface area contributed by atoms with E-state index in [9.17, 15) is 4.79 Å². The van der Waals surface area contributed by atoms with Gasteiger partial charge in [0, 0.05) is 31.5 Å². The smallest absolute Gasteiger partial charge is 0.251 e. The summed E-state index contributed by atoms with van der Waals surface area (Å²) in [6.07, 6.45) is 5.08. The molecule has 1 aromatic heterocycles. The fraction of sp³-hybridized carbons (Fsp3) is 0.789. The van der Waals surface area contributed by atoms with E-state index >= 15 is 0 Å². The van der Waals surface area contributed by atoms with Crippen LogP contribution in [0.25, 0.3) is 0 Å². The average Bonchev–Trinajstić information content (AvgIpc) is 3.17. The average molecular weight is 349 g/mol. The molecule has 1 amide bonds. The summed E-state index contributed by atoms with van der Waals surface area (Å²) in [7, 11) is 1.96. The van der Waals surface area contributed by atoms with Crippen molar-refractivity contribution in [2.75, 3.05) is 19.8 Å². The van der Waals surface area contributed by atoms with Crippen LogP contribution >= 0.6 is 0 Å². The Labute approximate surface area is 150 Å². The van der Waals surface area contributed by atoms with E-state index in [2.05, 4.69) is 12.0 Å². The molecule has 3 atom stereocenters. The van der Waals surface area contributed by atoms with Gasteiger partial charge < -0.3 is 14.4 Å². The summed E-state index contributed by atoms with van der Waals surface area (Å²) in [6, 6.07) is 0.123. The highest BCUT2D eigenvalue weighted by molar-refractivity contribution is 5.81. The Morgan fingerprint density at radius 1 is 1.32 bits per heavy atom. The van der Waals surface area contributed by atoms with Crippen molar-refractivity contribution >= 4 is 5.91 Å². The lowest BCUT2D eigenvalue weighted by molar-refractivity contribution is -0.147. The largest absolute Gasteiger partial charge is 0.376 e. The van der Waals surface area contributed by atoms with Gasteiger partial charge in [0.2, 0.25) is 0 Å². The summed E-state index contributed by atoms with van der Waals surface area (Å²) < 4.78 is 13.5. The normalized spacial score (nSPS) is 25.4. The van der Waals surface area contributed by atoms with Gasteiger partial charge in [0.05, 0.1) is 24.4 Å². The first-order valence-electron chi connectivity index (χ1n) is 9.52. The Hall–Kier alpha value is -1.40. The van der Waals surface area contributed by atoms with Crippen molar-refractivity contribution in [3.05, 3.63) is 17.0 Å². The number of ether oxygens (including phenoxy) is 2. The predicted octanol–water partition coefficient (Wildman–Crippen LogP) is 2.67. The fourth-order valence-electron chi connectivity index (χ4n) is 4.10. The van der Waals surface area contributed by atoms with Crippen LogP contribution in [-0.4, -0.2) is 52.6 Å². The van der Waals surface area contributed by atoms with Crippen molar-refractivity contribution in [3.8, 4) is 0 Å². The van der Waals surface area contributed by atoms with Gasteiger partial charge in [-0.3, -0.25) is 9.48 Å². The van der Waals surface area contributed by atoms with E-state index < -0.39 is 6.10 Å². The van der Waals surface area contributed by atoms with Crippen molar-refractivity contribution in [3.63, 3.8) is 0 Å². The summed E-state index contributed by atoms with van der Waals surface area (Å²) in [5.74, 6) is 0.0842. The first kappa shape index (κ1) is 18.4. The highest BCUT2D eigenvalue weighted by Gasteiger charge is 2.35. The molecule has 0 aromatic carbocycles. The number of rotatable bonds is 5. The maximum Gasteiger partial charge on any atom is 0.251 e. The zero-order chi connectivity index (χ0) is 18.0. The van der Waals surface area contributed by atoms with Crippen molar-refractivity contribution < 1.29 is 14.3 Å².